The topological polar surface area (TPSA) is 29.2 Å². The summed E-state index contributed by atoms with van der Waals surface area (Å²) >= 11 is 0. The molecule has 1 atom stereocenters. The van der Waals surface area contributed by atoms with Crippen LogP contribution in [0.5, 0.6) is 0 Å². The van der Waals surface area contributed by atoms with Crippen LogP contribution in [0, 0.1) is 47.5 Å². The predicted molar refractivity (Wildman–Crippen MR) is 282 cm³/mol. The molecule has 4 rings (SSSR count). The molecule has 338 valence electrons. The van der Waals surface area contributed by atoms with Gasteiger partial charge in [0.1, 0.15) is 0 Å². The average Bonchev–Trinajstić information content (AvgIpc) is 3.30. The Morgan fingerprint density at radius 2 is 0.492 bits per heavy atom. The van der Waals surface area contributed by atoms with Crippen molar-refractivity contribution in [1.82, 2.24) is 0 Å². The maximum absolute atomic E-state index is 3.64. The minimum atomic E-state index is -3.64. The van der Waals surface area contributed by atoms with Crippen molar-refractivity contribution in [3.63, 3.8) is 0 Å². The third-order valence-corrected chi connectivity index (χ3v) is 19.6. The molecule has 0 aliphatic heterocycles. The van der Waals surface area contributed by atoms with E-state index in [9.17, 15) is 0 Å². The van der Waals surface area contributed by atoms with Crippen molar-refractivity contribution in [2.75, 3.05) is 171 Å². The lowest BCUT2D eigenvalue weighted by Gasteiger charge is -2.49. The van der Waals surface area contributed by atoms with Crippen molar-refractivity contribution in [1.29, 1.82) is 0 Å². The molecule has 10 heteroatoms. The number of anilines is 9. The van der Waals surface area contributed by atoms with Gasteiger partial charge in [0.25, 0.3) is 0 Å². The summed E-state index contributed by atoms with van der Waals surface area (Å²) in [6, 6.07) is 0. The normalized spacial score (nSPS) is 14.3. The number of benzene rings is 3. The number of nitrogens with zero attached hydrogens (tertiary/aromatic N) is 9. The first kappa shape index (κ1) is 49.2. The summed E-state index contributed by atoms with van der Waals surface area (Å²) in [5.74, 6) is 0.190. The molecule has 0 saturated carbocycles. The van der Waals surface area contributed by atoms with Crippen LogP contribution in [0.2, 0.25) is 0 Å². The van der Waals surface area contributed by atoms with Crippen molar-refractivity contribution in [2.45, 2.75) is 69.2 Å². The van der Waals surface area contributed by atoms with E-state index >= 15 is 0 Å². The summed E-state index contributed by atoms with van der Waals surface area (Å²) in [4.78, 5) is 21.6. The Labute approximate surface area is 374 Å². The zero-order chi connectivity index (χ0) is 47.0. The average molecular weight is 852 g/mol. The summed E-state index contributed by atoms with van der Waals surface area (Å²) < 4.78 is 0. The van der Waals surface area contributed by atoms with Gasteiger partial charge in [0.2, 0.25) is 0 Å². The van der Waals surface area contributed by atoms with Gasteiger partial charge < -0.3 is 44.1 Å². The maximum Gasteiger partial charge on any atom is 0.184 e. The molecular formula is C51H85N9Si. The molecule has 1 aliphatic rings. The van der Waals surface area contributed by atoms with E-state index in [1.165, 1.54) is 117 Å². The summed E-state index contributed by atoms with van der Waals surface area (Å²) in [7, 11) is 36.9. The highest BCUT2D eigenvalue weighted by atomic mass is 28.3. The lowest BCUT2D eigenvalue weighted by atomic mass is 10.0. The highest BCUT2D eigenvalue weighted by Gasteiger charge is 2.57. The Morgan fingerprint density at radius 1 is 0.279 bits per heavy atom. The third kappa shape index (κ3) is 7.32. The molecule has 0 aromatic heterocycles. The monoisotopic (exact) mass is 852 g/mol. The van der Waals surface area contributed by atoms with Crippen LogP contribution in [-0.2, 0) is 0 Å². The number of allylic oxidation sites excluding steroid dienone is 4. The van der Waals surface area contributed by atoms with E-state index in [4.69, 9.17) is 0 Å². The lowest BCUT2D eigenvalue weighted by Crippen LogP contribution is -2.73. The van der Waals surface area contributed by atoms with E-state index < -0.39 is 8.07 Å². The standard InChI is InChI=1S/C51H85N9Si/c1-29-30(2)32(4)48(31(29)3)61(49-36(8)39(52(11)12)33(5)42(55(17)18)45(49)58(23)24,50-37(9)40(53(13)14)34(6)43(56(19)20)46(50)59(25)26)51-38(10)41(54(15)16)35(7)44(57(21)22)47(51)60(27)28/h31H,1-28H3. The molecule has 3 aromatic rings. The fourth-order valence-corrected chi connectivity index (χ4v) is 19.4. The minimum absolute atomic E-state index is 0.190. The summed E-state index contributed by atoms with van der Waals surface area (Å²) in [6.07, 6.45) is 0. The van der Waals surface area contributed by atoms with Gasteiger partial charge in [-0.15, -0.1) is 0 Å². The molecule has 0 N–H and O–H groups in total. The van der Waals surface area contributed by atoms with Crippen LogP contribution in [0.4, 0.5) is 51.2 Å². The van der Waals surface area contributed by atoms with Crippen molar-refractivity contribution >= 4 is 74.8 Å². The second kappa shape index (κ2) is 17.4. The largest absolute Gasteiger partial charge is 0.377 e. The Bertz CT molecular complexity index is 2060. The van der Waals surface area contributed by atoms with Crippen LogP contribution in [0.15, 0.2) is 21.9 Å². The van der Waals surface area contributed by atoms with Crippen molar-refractivity contribution in [3.05, 3.63) is 55.3 Å². The van der Waals surface area contributed by atoms with E-state index in [1.807, 2.05) is 0 Å². The first-order valence-electron chi connectivity index (χ1n) is 22.0. The van der Waals surface area contributed by atoms with Crippen molar-refractivity contribution in [2.24, 2.45) is 5.92 Å². The van der Waals surface area contributed by atoms with Crippen LogP contribution >= 0.6 is 0 Å². The SMILES string of the molecule is CC1=C(C)C(C)C([Si](c2c(C)c(N(C)C)c(C)c(N(C)C)c2N(C)C)(c2c(C)c(N(C)C)c(C)c(N(C)C)c2N(C)C)c2c(C)c(N(C)C)c(C)c(N(C)C)c2N(C)C)=C1C. The Hall–Kier alpha value is -4.44. The second-order valence-electron chi connectivity index (χ2n) is 19.9. The van der Waals surface area contributed by atoms with E-state index in [1.54, 1.807) is 5.20 Å². The number of hydrogen-bond donors (Lipinski definition) is 0. The van der Waals surface area contributed by atoms with E-state index in [2.05, 4.69) is 240 Å². The van der Waals surface area contributed by atoms with Crippen molar-refractivity contribution in [3.8, 4) is 0 Å². The van der Waals surface area contributed by atoms with Crippen LogP contribution in [0.1, 0.15) is 61.1 Å². The fraction of sp³-hybridized carbons (Fsp3) is 0.569. The first-order valence-corrected chi connectivity index (χ1v) is 24.0. The molecule has 1 aliphatic carbocycles. The molecule has 3 aromatic carbocycles. The summed E-state index contributed by atoms with van der Waals surface area (Å²) in [5.41, 5.74) is 23.9. The molecule has 61 heavy (non-hydrogen) atoms. The molecule has 0 bridgehead atoms. The molecule has 0 fully saturated rings. The van der Waals surface area contributed by atoms with Crippen LogP contribution in [0.3, 0.4) is 0 Å². The predicted octanol–water partition coefficient (Wildman–Crippen LogP) is 7.44. The molecule has 9 nitrogen and oxygen atoms in total. The highest BCUT2D eigenvalue weighted by Crippen LogP contribution is 2.51. The quantitative estimate of drug-likeness (QED) is 0.129. The molecule has 1 unspecified atom stereocenters. The Balaban J connectivity index is 2.95. The minimum Gasteiger partial charge on any atom is -0.377 e. The van der Waals surface area contributed by atoms with Crippen LogP contribution < -0.4 is 59.7 Å². The molecule has 0 amide bonds. The van der Waals surface area contributed by atoms with E-state index in [0.717, 1.165) is 0 Å². The van der Waals surface area contributed by atoms with Crippen molar-refractivity contribution < 1.29 is 0 Å². The van der Waals surface area contributed by atoms with Crippen LogP contribution in [0.25, 0.3) is 0 Å². The maximum atomic E-state index is 2.52. The highest BCUT2D eigenvalue weighted by molar-refractivity contribution is 7.19. The van der Waals surface area contributed by atoms with Gasteiger partial charge in [-0.2, -0.15) is 0 Å². The Kier molecular flexibility index (Phi) is 14.0. The molecule has 0 saturated heterocycles. The van der Waals surface area contributed by atoms with Gasteiger partial charge in [0.05, 0.1) is 34.1 Å². The molecule has 0 heterocycles. The smallest absolute Gasteiger partial charge is 0.184 e. The third-order valence-electron chi connectivity index (χ3n) is 13.9. The van der Waals surface area contributed by atoms with Gasteiger partial charge in [-0.05, 0) is 123 Å². The molecular weight excluding hydrogens is 767 g/mol. The Morgan fingerprint density at radius 3 is 0.656 bits per heavy atom. The van der Waals surface area contributed by atoms with Gasteiger partial charge in [0.15, 0.2) is 8.07 Å². The molecule has 0 spiro atoms. The number of hydrogen-bond acceptors (Lipinski definition) is 9. The van der Waals surface area contributed by atoms with Gasteiger partial charge in [-0.25, -0.2) is 0 Å². The zero-order valence-electron chi connectivity index (χ0n) is 44.1. The van der Waals surface area contributed by atoms with Gasteiger partial charge in [0, 0.05) is 144 Å². The van der Waals surface area contributed by atoms with E-state index in [0.29, 0.717) is 0 Å². The summed E-state index contributed by atoms with van der Waals surface area (Å²) in [5, 5.41) is 5.98. The first-order chi connectivity index (χ1) is 28.0. The van der Waals surface area contributed by atoms with Gasteiger partial charge in [-0.1, -0.05) is 23.3 Å². The van der Waals surface area contributed by atoms with Gasteiger partial charge in [-0.3, -0.25) is 0 Å². The zero-order valence-corrected chi connectivity index (χ0v) is 45.1. The summed E-state index contributed by atoms with van der Waals surface area (Å²) in [6.45, 7) is 24.1. The second-order valence-corrected chi connectivity index (χ2v) is 23.4. The van der Waals surface area contributed by atoms with Gasteiger partial charge >= 0.3 is 0 Å². The van der Waals surface area contributed by atoms with E-state index in [-0.39, 0.29) is 5.92 Å². The van der Waals surface area contributed by atoms with Crippen LogP contribution in [-0.4, -0.2) is 135 Å². The molecule has 0 radical (unpaired) electrons. The lowest BCUT2D eigenvalue weighted by molar-refractivity contribution is 0.851. The number of rotatable bonds is 13. The fourth-order valence-electron chi connectivity index (χ4n) is 12.0.